The molecule has 0 aliphatic carbocycles. The summed E-state index contributed by atoms with van der Waals surface area (Å²) >= 11 is 0. The topological polar surface area (TPSA) is 58.3 Å². The molecule has 30 heavy (non-hydrogen) atoms. The van der Waals surface area contributed by atoms with Crippen LogP contribution in [0.2, 0.25) is 0 Å². The molecule has 0 radical (unpaired) electrons. The van der Waals surface area contributed by atoms with E-state index in [0.29, 0.717) is 12.0 Å². The maximum absolute atomic E-state index is 4.71. The molecule has 1 N–H and O–H groups in total. The van der Waals surface area contributed by atoms with Crippen molar-refractivity contribution in [3.8, 4) is 11.1 Å². The molecule has 0 atom stereocenters. The van der Waals surface area contributed by atoms with Gasteiger partial charge in [0.2, 0.25) is 5.95 Å². The summed E-state index contributed by atoms with van der Waals surface area (Å²) < 4.78 is 1.92. The SMILES string of the molecule is CC(C)CN1CCC(Nc2ncc3c(-c4ccc5ncccc5c4)ccn3n2)CC1. The molecule has 4 heterocycles. The predicted molar refractivity (Wildman–Crippen MR) is 122 cm³/mol. The Kier molecular flexibility index (Phi) is 5.09. The number of anilines is 1. The van der Waals surface area contributed by atoms with Crippen molar-refractivity contribution in [3.63, 3.8) is 0 Å². The van der Waals surface area contributed by atoms with Gasteiger partial charge in [-0.3, -0.25) is 4.98 Å². The van der Waals surface area contributed by atoms with Crippen LogP contribution in [0.15, 0.2) is 55.0 Å². The minimum absolute atomic E-state index is 0.439. The third kappa shape index (κ3) is 3.87. The van der Waals surface area contributed by atoms with E-state index >= 15 is 0 Å². The number of rotatable bonds is 5. The highest BCUT2D eigenvalue weighted by molar-refractivity contribution is 5.88. The van der Waals surface area contributed by atoms with Crippen LogP contribution in [0.3, 0.4) is 0 Å². The number of fused-ring (bicyclic) bond motifs is 2. The van der Waals surface area contributed by atoms with Crippen LogP contribution in [0.25, 0.3) is 27.5 Å². The van der Waals surface area contributed by atoms with Crippen LogP contribution in [-0.4, -0.2) is 50.2 Å². The molecule has 0 saturated carbocycles. The Labute approximate surface area is 177 Å². The summed E-state index contributed by atoms with van der Waals surface area (Å²) in [7, 11) is 0. The number of hydrogen-bond acceptors (Lipinski definition) is 5. The summed E-state index contributed by atoms with van der Waals surface area (Å²) in [4.78, 5) is 11.6. The highest BCUT2D eigenvalue weighted by atomic mass is 15.3. The van der Waals surface area contributed by atoms with Crippen LogP contribution >= 0.6 is 0 Å². The number of aromatic nitrogens is 4. The number of benzene rings is 1. The molecular weight excluding hydrogens is 372 g/mol. The van der Waals surface area contributed by atoms with E-state index in [1.807, 2.05) is 29.2 Å². The lowest BCUT2D eigenvalue weighted by atomic mass is 10.0. The highest BCUT2D eigenvalue weighted by Gasteiger charge is 2.20. The van der Waals surface area contributed by atoms with E-state index in [4.69, 9.17) is 5.10 Å². The Bertz CT molecular complexity index is 1160. The Morgan fingerprint density at radius 3 is 2.80 bits per heavy atom. The minimum atomic E-state index is 0.439. The van der Waals surface area contributed by atoms with E-state index in [9.17, 15) is 0 Å². The summed E-state index contributed by atoms with van der Waals surface area (Å²) in [6, 6.07) is 13.0. The molecule has 1 fully saturated rings. The lowest BCUT2D eigenvalue weighted by Crippen LogP contribution is -2.40. The zero-order valence-corrected chi connectivity index (χ0v) is 17.6. The van der Waals surface area contributed by atoms with Gasteiger partial charge in [-0.15, -0.1) is 5.10 Å². The van der Waals surface area contributed by atoms with Crippen molar-refractivity contribution < 1.29 is 0 Å². The van der Waals surface area contributed by atoms with Crippen molar-refractivity contribution in [1.29, 1.82) is 0 Å². The molecule has 1 saturated heterocycles. The first-order valence-electron chi connectivity index (χ1n) is 10.8. The van der Waals surface area contributed by atoms with Gasteiger partial charge in [-0.2, -0.15) is 0 Å². The average Bonchev–Trinajstić information content (AvgIpc) is 3.18. The van der Waals surface area contributed by atoms with E-state index in [-0.39, 0.29) is 0 Å². The largest absolute Gasteiger partial charge is 0.350 e. The average molecular weight is 401 g/mol. The molecule has 1 aliphatic rings. The van der Waals surface area contributed by atoms with Crippen LogP contribution in [0, 0.1) is 5.92 Å². The fourth-order valence-corrected chi connectivity index (χ4v) is 4.41. The monoisotopic (exact) mass is 400 g/mol. The van der Waals surface area contributed by atoms with Crippen LogP contribution < -0.4 is 5.32 Å². The van der Waals surface area contributed by atoms with Gasteiger partial charge in [0, 0.05) is 49.0 Å². The van der Waals surface area contributed by atoms with Crippen molar-refractivity contribution in [2.45, 2.75) is 32.7 Å². The molecular formula is C24H28N6. The van der Waals surface area contributed by atoms with Gasteiger partial charge < -0.3 is 10.2 Å². The number of nitrogens with zero attached hydrogens (tertiary/aromatic N) is 5. The zero-order valence-electron chi connectivity index (χ0n) is 17.6. The predicted octanol–water partition coefficient (Wildman–Crippen LogP) is 4.48. The van der Waals surface area contributed by atoms with Crippen molar-refractivity contribution in [2.24, 2.45) is 5.92 Å². The van der Waals surface area contributed by atoms with Crippen LogP contribution in [0.5, 0.6) is 0 Å². The summed E-state index contributed by atoms with van der Waals surface area (Å²) in [5.74, 6) is 1.43. The molecule has 4 aromatic rings. The molecule has 3 aromatic heterocycles. The first kappa shape index (κ1) is 19.0. The number of nitrogens with one attached hydrogen (secondary N) is 1. The highest BCUT2D eigenvalue weighted by Crippen LogP contribution is 2.28. The fourth-order valence-electron chi connectivity index (χ4n) is 4.41. The second-order valence-electron chi connectivity index (χ2n) is 8.66. The van der Waals surface area contributed by atoms with Crippen LogP contribution in [0.1, 0.15) is 26.7 Å². The summed E-state index contributed by atoms with van der Waals surface area (Å²) in [5.41, 5.74) is 4.30. The van der Waals surface area contributed by atoms with Gasteiger partial charge in [-0.25, -0.2) is 9.50 Å². The van der Waals surface area contributed by atoms with Gasteiger partial charge in [0.25, 0.3) is 0 Å². The van der Waals surface area contributed by atoms with Gasteiger partial charge in [0.15, 0.2) is 0 Å². The minimum Gasteiger partial charge on any atom is -0.350 e. The Balaban J connectivity index is 1.33. The lowest BCUT2D eigenvalue weighted by molar-refractivity contribution is 0.197. The first-order valence-corrected chi connectivity index (χ1v) is 10.8. The van der Waals surface area contributed by atoms with Crippen molar-refractivity contribution in [3.05, 3.63) is 55.0 Å². The van der Waals surface area contributed by atoms with Crippen molar-refractivity contribution in [1.82, 2.24) is 24.5 Å². The Hall–Kier alpha value is -2.99. The van der Waals surface area contributed by atoms with Gasteiger partial charge in [0.1, 0.15) is 0 Å². The van der Waals surface area contributed by atoms with E-state index in [1.54, 1.807) is 0 Å². The number of piperidine rings is 1. The number of hydrogen-bond donors (Lipinski definition) is 1. The molecule has 154 valence electrons. The first-order chi connectivity index (χ1) is 14.7. The lowest BCUT2D eigenvalue weighted by Gasteiger charge is -2.33. The molecule has 5 rings (SSSR count). The molecule has 0 bridgehead atoms. The van der Waals surface area contributed by atoms with E-state index in [0.717, 1.165) is 59.4 Å². The molecule has 1 aromatic carbocycles. The summed E-state index contributed by atoms with van der Waals surface area (Å²) in [5, 5.41) is 9.39. The maximum atomic E-state index is 4.71. The normalized spacial score (nSPS) is 16.0. The standard InChI is InChI=1S/C24H28N6/c1-17(2)16-29-11-7-20(8-12-29)27-24-26-15-23-21(9-13-30(23)28-24)18-5-6-22-19(14-18)4-3-10-25-22/h3-6,9-10,13-15,17,20H,7-8,11-12,16H2,1-2H3,(H,27,28). The smallest absolute Gasteiger partial charge is 0.241 e. The summed E-state index contributed by atoms with van der Waals surface area (Å²) in [6.45, 7) is 8.04. The second kappa shape index (κ2) is 8.03. The van der Waals surface area contributed by atoms with E-state index in [1.165, 1.54) is 6.54 Å². The van der Waals surface area contributed by atoms with Crippen LogP contribution in [-0.2, 0) is 0 Å². The Morgan fingerprint density at radius 2 is 1.97 bits per heavy atom. The molecule has 6 heteroatoms. The molecule has 0 unspecified atom stereocenters. The van der Waals surface area contributed by atoms with E-state index in [2.05, 4.69) is 64.4 Å². The zero-order chi connectivity index (χ0) is 20.5. The number of likely N-dealkylation sites (tertiary alicyclic amines) is 1. The van der Waals surface area contributed by atoms with Gasteiger partial charge in [-0.05, 0) is 48.6 Å². The maximum Gasteiger partial charge on any atom is 0.241 e. The molecule has 1 aliphatic heterocycles. The quantitative estimate of drug-likeness (QED) is 0.535. The van der Waals surface area contributed by atoms with E-state index < -0.39 is 0 Å². The fraction of sp³-hybridized carbons (Fsp3) is 0.375. The molecule has 0 spiro atoms. The summed E-state index contributed by atoms with van der Waals surface area (Å²) in [6.07, 6.45) is 8.03. The number of pyridine rings is 1. The third-order valence-electron chi connectivity index (χ3n) is 5.87. The third-order valence-corrected chi connectivity index (χ3v) is 5.87. The van der Waals surface area contributed by atoms with Gasteiger partial charge in [0.05, 0.1) is 17.2 Å². The second-order valence-corrected chi connectivity index (χ2v) is 8.66. The van der Waals surface area contributed by atoms with Crippen molar-refractivity contribution in [2.75, 3.05) is 25.0 Å². The molecule has 0 amide bonds. The Morgan fingerprint density at radius 1 is 1.10 bits per heavy atom. The van der Waals surface area contributed by atoms with Crippen LogP contribution in [0.4, 0.5) is 5.95 Å². The van der Waals surface area contributed by atoms with Crippen molar-refractivity contribution >= 4 is 22.4 Å². The van der Waals surface area contributed by atoms with Gasteiger partial charge >= 0.3 is 0 Å². The van der Waals surface area contributed by atoms with Gasteiger partial charge in [-0.1, -0.05) is 26.0 Å². The molecule has 6 nitrogen and oxygen atoms in total.